The first-order valence-electron chi connectivity index (χ1n) is 9.46. The second-order valence-electron chi connectivity index (χ2n) is 6.64. The van der Waals surface area contributed by atoms with Crippen LogP contribution in [0, 0.1) is 5.82 Å². The molecule has 0 aliphatic rings. The number of rotatable bonds is 6. The van der Waals surface area contributed by atoms with Crippen molar-refractivity contribution < 1.29 is 18.8 Å². The molecule has 2 aromatic carbocycles. The fourth-order valence-corrected chi connectivity index (χ4v) is 3.61. The van der Waals surface area contributed by atoms with Crippen molar-refractivity contribution >= 4 is 28.8 Å². The monoisotopic (exact) mass is 451 g/mol. The standard InChI is InChI=1S/C22H18FN5O3S/c1-27(31-2)22(30)14-8-10-16(11-9-14)24-21(29)19-25-20(18-7-4-12-32-18)28(26-19)17-6-3-5-15(23)13-17/h3-13H,1-2H3,(H,24,29). The summed E-state index contributed by atoms with van der Waals surface area (Å²) in [7, 11) is 2.90. The highest BCUT2D eigenvalue weighted by Gasteiger charge is 2.20. The number of hydrogen-bond donors (Lipinski definition) is 1. The smallest absolute Gasteiger partial charge is 0.295 e. The van der Waals surface area contributed by atoms with Crippen molar-refractivity contribution in [1.29, 1.82) is 0 Å². The van der Waals surface area contributed by atoms with Crippen LogP contribution in [0.4, 0.5) is 10.1 Å². The van der Waals surface area contributed by atoms with E-state index in [4.69, 9.17) is 4.84 Å². The van der Waals surface area contributed by atoms with E-state index in [1.54, 1.807) is 36.4 Å². The largest absolute Gasteiger partial charge is 0.319 e. The second kappa shape index (κ2) is 9.08. The summed E-state index contributed by atoms with van der Waals surface area (Å²) in [6.45, 7) is 0. The summed E-state index contributed by atoms with van der Waals surface area (Å²) < 4.78 is 15.2. The maximum absolute atomic E-state index is 13.8. The first kappa shape index (κ1) is 21.3. The fraction of sp³-hybridized carbons (Fsp3) is 0.0909. The number of carbonyl (C=O) groups excluding carboxylic acids is 2. The van der Waals surface area contributed by atoms with Crippen LogP contribution in [0.25, 0.3) is 16.4 Å². The van der Waals surface area contributed by atoms with Crippen molar-refractivity contribution in [2.45, 2.75) is 0 Å². The SMILES string of the molecule is CON(C)C(=O)c1ccc(NC(=O)c2nc(-c3cccs3)n(-c3cccc(F)c3)n2)cc1. The Morgan fingerprint density at radius 2 is 1.91 bits per heavy atom. The van der Waals surface area contributed by atoms with Gasteiger partial charge < -0.3 is 5.32 Å². The normalized spacial score (nSPS) is 10.7. The first-order chi connectivity index (χ1) is 15.5. The number of benzene rings is 2. The van der Waals surface area contributed by atoms with Crippen molar-refractivity contribution in [2.75, 3.05) is 19.5 Å². The Bertz CT molecular complexity index is 1260. The third-order valence-electron chi connectivity index (χ3n) is 4.55. The number of nitrogens with one attached hydrogen (secondary N) is 1. The van der Waals surface area contributed by atoms with Gasteiger partial charge in [0.25, 0.3) is 11.8 Å². The van der Waals surface area contributed by atoms with Gasteiger partial charge in [-0.2, -0.15) is 0 Å². The van der Waals surface area contributed by atoms with Gasteiger partial charge in [-0.3, -0.25) is 14.4 Å². The zero-order chi connectivity index (χ0) is 22.7. The summed E-state index contributed by atoms with van der Waals surface area (Å²) in [5.41, 5.74) is 1.32. The molecule has 0 spiro atoms. The van der Waals surface area contributed by atoms with Gasteiger partial charge in [0, 0.05) is 18.3 Å². The molecule has 4 rings (SSSR count). The molecule has 32 heavy (non-hydrogen) atoms. The summed E-state index contributed by atoms with van der Waals surface area (Å²) in [6.07, 6.45) is 0. The molecule has 1 N–H and O–H groups in total. The number of anilines is 1. The van der Waals surface area contributed by atoms with Gasteiger partial charge in [-0.1, -0.05) is 12.1 Å². The number of aromatic nitrogens is 3. The molecule has 0 saturated heterocycles. The molecule has 0 fully saturated rings. The van der Waals surface area contributed by atoms with E-state index in [1.165, 1.54) is 42.3 Å². The van der Waals surface area contributed by atoms with Gasteiger partial charge >= 0.3 is 0 Å². The Hall–Kier alpha value is -3.89. The van der Waals surface area contributed by atoms with Crippen LogP contribution in [0.5, 0.6) is 0 Å². The van der Waals surface area contributed by atoms with Crippen LogP contribution < -0.4 is 5.32 Å². The fourth-order valence-electron chi connectivity index (χ4n) is 2.91. The third kappa shape index (κ3) is 4.41. The summed E-state index contributed by atoms with van der Waals surface area (Å²) in [6, 6.07) is 15.9. The van der Waals surface area contributed by atoms with Gasteiger partial charge in [-0.25, -0.2) is 19.1 Å². The van der Waals surface area contributed by atoms with E-state index in [0.29, 0.717) is 22.8 Å². The molecular weight excluding hydrogens is 433 g/mol. The molecule has 4 aromatic rings. The van der Waals surface area contributed by atoms with E-state index in [2.05, 4.69) is 15.4 Å². The number of halogens is 1. The number of amides is 2. The van der Waals surface area contributed by atoms with E-state index < -0.39 is 11.7 Å². The summed E-state index contributed by atoms with van der Waals surface area (Å²) >= 11 is 1.43. The summed E-state index contributed by atoms with van der Waals surface area (Å²) in [5.74, 6) is -0.918. The second-order valence-corrected chi connectivity index (χ2v) is 7.59. The number of thiophene rings is 1. The number of carbonyl (C=O) groups is 2. The van der Waals surface area contributed by atoms with Crippen molar-refractivity contribution in [1.82, 2.24) is 19.8 Å². The molecule has 0 aliphatic carbocycles. The molecule has 0 aliphatic heterocycles. The maximum atomic E-state index is 13.8. The molecule has 0 saturated carbocycles. The van der Waals surface area contributed by atoms with Crippen LogP contribution in [0.15, 0.2) is 66.0 Å². The molecular formula is C22H18FN5O3S. The molecule has 2 amide bonds. The van der Waals surface area contributed by atoms with Crippen LogP contribution in [-0.2, 0) is 4.84 Å². The lowest BCUT2D eigenvalue weighted by Crippen LogP contribution is -2.25. The molecule has 162 valence electrons. The summed E-state index contributed by atoms with van der Waals surface area (Å²) in [4.78, 5) is 35.0. The van der Waals surface area contributed by atoms with Crippen LogP contribution in [0.2, 0.25) is 0 Å². The van der Waals surface area contributed by atoms with Gasteiger partial charge in [0.1, 0.15) is 5.82 Å². The predicted molar refractivity (Wildman–Crippen MR) is 118 cm³/mol. The molecule has 0 radical (unpaired) electrons. The van der Waals surface area contributed by atoms with Gasteiger partial charge in [-0.15, -0.1) is 16.4 Å². The highest BCUT2D eigenvalue weighted by atomic mass is 32.1. The molecule has 0 unspecified atom stereocenters. The Labute approximate surface area is 186 Å². The Morgan fingerprint density at radius 1 is 1.12 bits per heavy atom. The highest BCUT2D eigenvalue weighted by molar-refractivity contribution is 7.13. The van der Waals surface area contributed by atoms with E-state index in [0.717, 1.165) is 9.94 Å². The average Bonchev–Trinajstić information content (AvgIpc) is 3.48. The highest BCUT2D eigenvalue weighted by Crippen LogP contribution is 2.26. The lowest BCUT2D eigenvalue weighted by Gasteiger charge is -2.13. The van der Waals surface area contributed by atoms with Crippen LogP contribution >= 0.6 is 11.3 Å². The zero-order valence-corrected chi connectivity index (χ0v) is 18.0. The molecule has 2 aromatic heterocycles. The van der Waals surface area contributed by atoms with E-state index in [-0.39, 0.29) is 11.7 Å². The van der Waals surface area contributed by atoms with E-state index in [1.807, 2.05) is 17.5 Å². The van der Waals surface area contributed by atoms with Gasteiger partial charge in [-0.05, 0) is 53.9 Å². The minimum Gasteiger partial charge on any atom is -0.319 e. The predicted octanol–water partition coefficient (Wildman–Crippen LogP) is 4.02. The van der Waals surface area contributed by atoms with E-state index in [9.17, 15) is 14.0 Å². The Kier molecular flexibility index (Phi) is 6.06. The Morgan fingerprint density at radius 3 is 2.56 bits per heavy atom. The Balaban J connectivity index is 1.60. The molecule has 8 nitrogen and oxygen atoms in total. The molecule has 0 bridgehead atoms. The van der Waals surface area contributed by atoms with Crippen molar-refractivity contribution in [3.63, 3.8) is 0 Å². The zero-order valence-electron chi connectivity index (χ0n) is 17.2. The van der Waals surface area contributed by atoms with Crippen LogP contribution in [-0.4, -0.2) is 45.8 Å². The van der Waals surface area contributed by atoms with Crippen molar-refractivity contribution in [2.24, 2.45) is 0 Å². The van der Waals surface area contributed by atoms with Crippen LogP contribution in [0.3, 0.4) is 0 Å². The van der Waals surface area contributed by atoms with Gasteiger partial charge in [0.05, 0.1) is 17.7 Å². The van der Waals surface area contributed by atoms with E-state index >= 15 is 0 Å². The quantitative estimate of drug-likeness (QED) is 0.447. The lowest BCUT2D eigenvalue weighted by atomic mass is 10.2. The number of nitrogens with zero attached hydrogens (tertiary/aromatic N) is 4. The molecule has 2 heterocycles. The third-order valence-corrected chi connectivity index (χ3v) is 5.42. The minimum atomic E-state index is -0.536. The molecule has 0 atom stereocenters. The average molecular weight is 451 g/mol. The lowest BCUT2D eigenvalue weighted by molar-refractivity contribution is -0.0756. The summed E-state index contributed by atoms with van der Waals surface area (Å²) in [5, 5.41) is 10.0. The van der Waals surface area contributed by atoms with Gasteiger partial charge in [0.2, 0.25) is 5.82 Å². The number of hydroxylamine groups is 2. The van der Waals surface area contributed by atoms with Crippen molar-refractivity contribution in [3.05, 3.63) is 83.2 Å². The van der Waals surface area contributed by atoms with Crippen LogP contribution in [0.1, 0.15) is 21.0 Å². The first-order valence-corrected chi connectivity index (χ1v) is 10.3. The number of hydrogen-bond acceptors (Lipinski definition) is 6. The van der Waals surface area contributed by atoms with Crippen molar-refractivity contribution in [3.8, 4) is 16.4 Å². The van der Waals surface area contributed by atoms with Gasteiger partial charge in [0.15, 0.2) is 5.82 Å². The topological polar surface area (TPSA) is 89.4 Å². The maximum Gasteiger partial charge on any atom is 0.295 e. The minimum absolute atomic E-state index is 0.0723. The molecule has 10 heteroatoms.